The predicted octanol–water partition coefficient (Wildman–Crippen LogP) is 3.28. The number of rotatable bonds is 7. The van der Waals surface area contributed by atoms with Crippen LogP contribution in [0, 0.1) is 6.92 Å². The number of carbonyl (C=O) groups excluding carboxylic acids is 1. The van der Waals surface area contributed by atoms with Crippen LogP contribution in [0.3, 0.4) is 0 Å². The Balaban J connectivity index is 1.66. The van der Waals surface area contributed by atoms with E-state index in [0.717, 1.165) is 21.3 Å². The fraction of sp³-hybridized carbons (Fsp3) is 0.381. The normalized spacial score (nSPS) is 17.3. The molecule has 8 heteroatoms. The molecule has 29 heavy (non-hydrogen) atoms. The number of nitrogens with one attached hydrogen (secondary N) is 1. The number of nitrogens with zero attached hydrogens (tertiary/aromatic N) is 1. The van der Waals surface area contributed by atoms with Crippen LogP contribution in [0.15, 0.2) is 51.8 Å². The summed E-state index contributed by atoms with van der Waals surface area (Å²) in [4.78, 5) is 12.9. The SMILES string of the molecule is COc1ccc(C)cc1CCNC(=O)C1CCCN1S(=O)(=O)c1ccc(Br)cc1. The molecular formula is C21H25BrN2O4S. The van der Waals surface area contributed by atoms with Crippen LogP contribution in [0.25, 0.3) is 0 Å². The Morgan fingerprint density at radius 2 is 1.97 bits per heavy atom. The van der Waals surface area contributed by atoms with Gasteiger partial charge in [0.2, 0.25) is 15.9 Å². The second kappa shape index (κ2) is 9.28. The molecule has 1 aliphatic heterocycles. The highest BCUT2D eigenvalue weighted by Gasteiger charge is 2.39. The molecule has 156 valence electrons. The summed E-state index contributed by atoms with van der Waals surface area (Å²) >= 11 is 3.31. The summed E-state index contributed by atoms with van der Waals surface area (Å²) in [5.41, 5.74) is 2.13. The van der Waals surface area contributed by atoms with Crippen molar-refractivity contribution in [3.05, 3.63) is 58.1 Å². The van der Waals surface area contributed by atoms with Gasteiger partial charge >= 0.3 is 0 Å². The van der Waals surface area contributed by atoms with Crippen LogP contribution in [0.2, 0.25) is 0 Å². The largest absolute Gasteiger partial charge is 0.496 e. The average Bonchev–Trinajstić information content (AvgIpc) is 3.19. The fourth-order valence-electron chi connectivity index (χ4n) is 3.57. The zero-order chi connectivity index (χ0) is 21.0. The number of carbonyl (C=O) groups is 1. The van der Waals surface area contributed by atoms with E-state index in [2.05, 4.69) is 21.2 Å². The van der Waals surface area contributed by atoms with Gasteiger partial charge in [0.25, 0.3) is 0 Å². The van der Waals surface area contributed by atoms with Crippen molar-refractivity contribution in [1.29, 1.82) is 0 Å². The zero-order valence-corrected chi connectivity index (χ0v) is 18.9. The molecule has 1 saturated heterocycles. The number of sulfonamides is 1. The van der Waals surface area contributed by atoms with Gasteiger partial charge < -0.3 is 10.1 Å². The highest BCUT2D eigenvalue weighted by molar-refractivity contribution is 9.10. The summed E-state index contributed by atoms with van der Waals surface area (Å²) in [5, 5.41) is 2.90. The molecule has 1 N–H and O–H groups in total. The van der Waals surface area contributed by atoms with Gasteiger partial charge in [-0.05, 0) is 62.1 Å². The number of hydrogen-bond donors (Lipinski definition) is 1. The average molecular weight is 481 g/mol. The standard InChI is InChI=1S/C21H25BrN2O4S/c1-15-5-10-20(28-2)16(14-15)11-12-23-21(25)19-4-3-13-24(19)29(26,27)18-8-6-17(22)7-9-18/h5-10,14,19H,3-4,11-13H2,1-2H3,(H,23,25). The second-order valence-electron chi connectivity index (χ2n) is 7.08. The van der Waals surface area contributed by atoms with Crippen LogP contribution in [-0.4, -0.2) is 44.9 Å². The first-order chi connectivity index (χ1) is 13.8. The van der Waals surface area contributed by atoms with Crippen LogP contribution in [0.4, 0.5) is 0 Å². The Morgan fingerprint density at radius 3 is 2.66 bits per heavy atom. The predicted molar refractivity (Wildman–Crippen MR) is 116 cm³/mol. The maximum atomic E-state index is 13.0. The Kier molecular flexibility index (Phi) is 6.97. The van der Waals surface area contributed by atoms with Crippen molar-refractivity contribution in [2.45, 2.75) is 37.1 Å². The van der Waals surface area contributed by atoms with Crippen molar-refractivity contribution >= 4 is 31.9 Å². The van der Waals surface area contributed by atoms with Gasteiger partial charge in [-0.1, -0.05) is 33.6 Å². The van der Waals surface area contributed by atoms with Crippen LogP contribution in [-0.2, 0) is 21.2 Å². The van der Waals surface area contributed by atoms with E-state index in [1.807, 2.05) is 25.1 Å². The highest BCUT2D eigenvalue weighted by atomic mass is 79.9. The van der Waals surface area contributed by atoms with E-state index in [0.29, 0.717) is 32.4 Å². The molecule has 0 aromatic heterocycles. The molecule has 0 radical (unpaired) electrons. The van der Waals surface area contributed by atoms with Crippen molar-refractivity contribution in [3.63, 3.8) is 0 Å². The lowest BCUT2D eigenvalue weighted by molar-refractivity contribution is -0.124. The monoisotopic (exact) mass is 480 g/mol. The molecule has 1 unspecified atom stereocenters. The minimum Gasteiger partial charge on any atom is -0.496 e. The van der Waals surface area contributed by atoms with Gasteiger partial charge in [-0.3, -0.25) is 4.79 Å². The maximum Gasteiger partial charge on any atom is 0.243 e. The quantitative estimate of drug-likeness (QED) is 0.659. The molecule has 2 aromatic carbocycles. The highest BCUT2D eigenvalue weighted by Crippen LogP contribution is 2.27. The summed E-state index contributed by atoms with van der Waals surface area (Å²) in [5.74, 6) is 0.528. The summed E-state index contributed by atoms with van der Waals surface area (Å²) < 4.78 is 33.5. The Morgan fingerprint density at radius 1 is 1.24 bits per heavy atom. The van der Waals surface area contributed by atoms with Crippen molar-refractivity contribution in [2.24, 2.45) is 0 Å². The summed E-state index contributed by atoms with van der Waals surface area (Å²) in [6.07, 6.45) is 1.80. The minimum absolute atomic E-state index is 0.199. The summed E-state index contributed by atoms with van der Waals surface area (Å²) in [6.45, 7) is 2.77. The molecular weight excluding hydrogens is 456 g/mol. The van der Waals surface area contributed by atoms with E-state index in [9.17, 15) is 13.2 Å². The number of benzene rings is 2. The van der Waals surface area contributed by atoms with Gasteiger partial charge in [0.1, 0.15) is 11.8 Å². The first-order valence-corrected chi connectivity index (χ1v) is 11.7. The van der Waals surface area contributed by atoms with E-state index in [1.54, 1.807) is 31.4 Å². The lowest BCUT2D eigenvalue weighted by Gasteiger charge is -2.23. The fourth-order valence-corrected chi connectivity index (χ4v) is 5.49. The molecule has 1 fully saturated rings. The number of methoxy groups -OCH3 is 1. The number of ether oxygens (including phenoxy) is 1. The Labute approximate surface area is 180 Å². The smallest absolute Gasteiger partial charge is 0.243 e. The van der Waals surface area contributed by atoms with Gasteiger partial charge in [-0.2, -0.15) is 4.31 Å². The molecule has 6 nitrogen and oxygen atoms in total. The first kappa shape index (κ1) is 21.8. The van der Waals surface area contributed by atoms with E-state index >= 15 is 0 Å². The third-order valence-corrected chi connectivity index (χ3v) is 7.51. The molecule has 0 saturated carbocycles. The van der Waals surface area contributed by atoms with Crippen molar-refractivity contribution < 1.29 is 17.9 Å². The van der Waals surface area contributed by atoms with E-state index < -0.39 is 16.1 Å². The summed E-state index contributed by atoms with van der Waals surface area (Å²) in [6, 6.07) is 11.7. The van der Waals surface area contributed by atoms with Crippen molar-refractivity contribution in [2.75, 3.05) is 20.2 Å². The number of halogens is 1. The van der Waals surface area contributed by atoms with E-state index in [4.69, 9.17) is 4.74 Å². The minimum atomic E-state index is -3.71. The number of aryl methyl sites for hydroxylation is 1. The molecule has 1 aliphatic rings. The molecule has 1 atom stereocenters. The van der Waals surface area contributed by atoms with Crippen molar-refractivity contribution in [1.82, 2.24) is 9.62 Å². The molecule has 0 spiro atoms. The molecule has 0 bridgehead atoms. The molecule has 0 aliphatic carbocycles. The van der Waals surface area contributed by atoms with Crippen LogP contribution < -0.4 is 10.1 Å². The topological polar surface area (TPSA) is 75.7 Å². The van der Waals surface area contributed by atoms with Gasteiger partial charge in [0.05, 0.1) is 12.0 Å². The molecule has 3 rings (SSSR count). The zero-order valence-electron chi connectivity index (χ0n) is 16.5. The van der Waals surface area contributed by atoms with Crippen molar-refractivity contribution in [3.8, 4) is 5.75 Å². The molecule has 2 aromatic rings. The van der Waals surface area contributed by atoms with Gasteiger partial charge in [-0.15, -0.1) is 0 Å². The Hall–Kier alpha value is -1.90. The van der Waals surface area contributed by atoms with Crippen LogP contribution >= 0.6 is 15.9 Å². The van der Waals surface area contributed by atoms with Gasteiger partial charge in [0, 0.05) is 17.6 Å². The third kappa shape index (κ3) is 4.99. The molecule has 1 amide bonds. The summed E-state index contributed by atoms with van der Waals surface area (Å²) in [7, 11) is -2.09. The first-order valence-electron chi connectivity index (χ1n) is 9.51. The van der Waals surface area contributed by atoms with Crippen LogP contribution in [0.1, 0.15) is 24.0 Å². The number of amides is 1. The second-order valence-corrected chi connectivity index (χ2v) is 9.89. The van der Waals surface area contributed by atoms with Crippen LogP contribution in [0.5, 0.6) is 5.75 Å². The Bertz CT molecular complexity index is 977. The number of hydrogen-bond acceptors (Lipinski definition) is 4. The lowest BCUT2D eigenvalue weighted by Crippen LogP contribution is -2.46. The van der Waals surface area contributed by atoms with Gasteiger partial charge in [-0.25, -0.2) is 8.42 Å². The van der Waals surface area contributed by atoms with E-state index in [-0.39, 0.29) is 10.8 Å². The van der Waals surface area contributed by atoms with E-state index in [1.165, 1.54) is 4.31 Å². The maximum absolute atomic E-state index is 13.0. The third-order valence-electron chi connectivity index (χ3n) is 5.06. The van der Waals surface area contributed by atoms with Gasteiger partial charge in [0.15, 0.2) is 0 Å². The lowest BCUT2D eigenvalue weighted by atomic mass is 10.1. The molecule has 1 heterocycles.